The van der Waals surface area contributed by atoms with Crippen molar-refractivity contribution in [3.63, 3.8) is 0 Å². The first-order valence-corrected chi connectivity index (χ1v) is 7.05. The largest absolute Gasteiger partial charge is 0.394 e. The first kappa shape index (κ1) is 18.9. The smallest absolute Gasteiger partial charge is 0.224 e. The van der Waals surface area contributed by atoms with Crippen molar-refractivity contribution < 1.29 is 55.1 Å². The second-order valence-corrected chi connectivity index (χ2v) is 5.56. The summed E-state index contributed by atoms with van der Waals surface area (Å²) in [7, 11) is 0. The molecule has 0 aromatic rings. The molecule has 11 nitrogen and oxygen atoms in total. The second-order valence-electron chi connectivity index (χ2n) is 5.56. The van der Waals surface area contributed by atoms with Gasteiger partial charge < -0.3 is 55.1 Å². The highest BCUT2D eigenvalue weighted by Crippen LogP contribution is 2.35. The molecule has 2 saturated heterocycles. The topological polar surface area (TPSA) is 190 Å². The summed E-state index contributed by atoms with van der Waals surface area (Å²) < 4.78 is 15.4. The lowest BCUT2D eigenvalue weighted by Gasteiger charge is -2.43. The highest BCUT2D eigenvalue weighted by molar-refractivity contribution is 4.98. The van der Waals surface area contributed by atoms with E-state index in [-0.39, 0.29) is 0 Å². The molecule has 0 aromatic heterocycles. The maximum Gasteiger partial charge on any atom is 0.224 e. The van der Waals surface area contributed by atoms with Gasteiger partial charge in [0, 0.05) is 0 Å². The van der Waals surface area contributed by atoms with Gasteiger partial charge in [-0.25, -0.2) is 0 Å². The van der Waals surface area contributed by atoms with E-state index in [0.717, 1.165) is 0 Å². The molecule has 0 spiro atoms. The van der Waals surface area contributed by atoms with Crippen LogP contribution < -0.4 is 0 Å². The molecule has 11 heteroatoms. The summed E-state index contributed by atoms with van der Waals surface area (Å²) in [5.41, 5.74) is 0. The van der Waals surface area contributed by atoms with Crippen molar-refractivity contribution in [2.24, 2.45) is 0 Å². The van der Waals surface area contributed by atoms with Crippen molar-refractivity contribution in [3.05, 3.63) is 0 Å². The van der Waals surface area contributed by atoms with Crippen LogP contribution in [0.3, 0.4) is 0 Å². The van der Waals surface area contributed by atoms with Gasteiger partial charge in [-0.15, -0.1) is 0 Å². The summed E-state index contributed by atoms with van der Waals surface area (Å²) in [4.78, 5) is 0. The van der Waals surface area contributed by atoms with Crippen LogP contribution in [-0.2, 0) is 14.2 Å². The average Bonchev–Trinajstić information content (AvgIpc) is 2.80. The van der Waals surface area contributed by atoms with E-state index in [9.17, 15) is 30.6 Å². The summed E-state index contributed by atoms with van der Waals surface area (Å²) in [6, 6.07) is 0. The van der Waals surface area contributed by atoms with Gasteiger partial charge in [0.1, 0.15) is 49.3 Å². The van der Waals surface area contributed by atoms with Gasteiger partial charge in [-0.2, -0.15) is 0 Å². The summed E-state index contributed by atoms with van der Waals surface area (Å²) in [6.07, 6.45) is -12.7. The predicted octanol–water partition coefficient (Wildman–Crippen LogP) is -5.40. The fourth-order valence-electron chi connectivity index (χ4n) is 2.63. The van der Waals surface area contributed by atoms with Gasteiger partial charge in [0.2, 0.25) is 5.79 Å². The summed E-state index contributed by atoms with van der Waals surface area (Å²) in [5.74, 6) is -2.22. The predicted molar refractivity (Wildman–Crippen MR) is 68.6 cm³/mol. The summed E-state index contributed by atoms with van der Waals surface area (Å²) in [6.45, 7) is -2.32. The molecule has 0 unspecified atom stereocenters. The molecule has 0 aliphatic carbocycles. The maximum atomic E-state index is 10.00. The van der Waals surface area contributed by atoms with Crippen molar-refractivity contribution in [1.29, 1.82) is 0 Å². The monoisotopic (exact) mass is 342 g/mol. The van der Waals surface area contributed by atoms with Gasteiger partial charge >= 0.3 is 0 Å². The van der Waals surface area contributed by atoms with E-state index in [2.05, 4.69) is 0 Å². The Morgan fingerprint density at radius 2 is 1.39 bits per heavy atom. The Balaban J connectivity index is 2.18. The molecule has 2 aliphatic heterocycles. The molecular weight excluding hydrogens is 320 g/mol. The van der Waals surface area contributed by atoms with E-state index < -0.39 is 74.6 Å². The van der Waals surface area contributed by atoms with Crippen LogP contribution in [-0.4, -0.2) is 115 Å². The number of hydrogen-bond acceptors (Lipinski definition) is 11. The quantitative estimate of drug-likeness (QED) is 0.238. The lowest BCUT2D eigenvalue weighted by atomic mass is 9.99. The Morgan fingerprint density at radius 3 is 1.87 bits per heavy atom. The van der Waals surface area contributed by atoms with Crippen LogP contribution in [0.2, 0.25) is 0 Å². The van der Waals surface area contributed by atoms with Crippen LogP contribution in [0.1, 0.15) is 0 Å². The maximum absolute atomic E-state index is 10.00. The summed E-state index contributed by atoms with van der Waals surface area (Å²) >= 11 is 0. The molecule has 2 fully saturated rings. The van der Waals surface area contributed by atoms with Crippen molar-refractivity contribution in [3.8, 4) is 0 Å². The van der Waals surface area contributed by atoms with Crippen molar-refractivity contribution in [1.82, 2.24) is 0 Å². The normalized spacial score (nSPS) is 51.1. The van der Waals surface area contributed by atoms with Gasteiger partial charge in [0.15, 0.2) is 6.29 Å². The second kappa shape index (κ2) is 7.21. The SMILES string of the molecule is OC[C@H]1O[C@@H](O[C@@]2(CO)O[C@H](CO)[C@@H](O)[C@@H]2O)[C@H](O)[C@@H](O)[C@H]1O. The average molecular weight is 342 g/mol. The first-order chi connectivity index (χ1) is 10.8. The Labute approximate surface area is 130 Å². The van der Waals surface area contributed by atoms with Gasteiger partial charge in [0.25, 0.3) is 0 Å². The van der Waals surface area contributed by atoms with Crippen molar-refractivity contribution in [2.75, 3.05) is 19.8 Å². The minimum absolute atomic E-state index is 0.669. The third-order valence-corrected chi connectivity index (χ3v) is 4.07. The minimum atomic E-state index is -2.22. The van der Waals surface area contributed by atoms with E-state index in [1.165, 1.54) is 0 Å². The van der Waals surface area contributed by atoms with E-state index in [0.29, 0.717) is 0 Å². The van der Waals surface area contributed by atoms with Crippen molar-refractivity contribution in [2.45, 2.75) is 54.8 Å². The molecule has 0 aromatic carbocycles. The molecule has 2 aliphatic rings. The fourth-order valence-corrected chi connectivity index (χ4v) is 2.63. The number of rotatable bonds is 5. The Bertz CT molecular complexity index is 393. The van der Waals surface area contributed by atoms with Gasteiger partial charge in [-0.3, -0.25) is 0 Å². The zero-order chi connectivity index (χ0) is 17.4. The zero-order valence-corrected chi connectivity index (χ0v) is 12.0. The molecule has 0 saturated carbocycles. The number of aliphatic hydroxyl groups is 8. The molecule has 0 radical (unpaired) electrons. The highest BCUT2D eigenvalue weighted by atomic mass is 16.8. The molecular formula is C12H22O11. The Hall–Kier alpha value is -0.440. The van der Waals surface area contributed by atoms with Crippen molar-refractivity contribution >= 4 is 0 Å². The molecule has 2 rings (SSSR count). The van der Waals surface area contributed by atoms with Gasteiger partial charge in [-0.05, 0) is 0 Å². The standard InChI is InChI=1S/C12H22O11/c13-1-4-6(16)8(18)9(19)11(21-4)23-12(3-15)10(20)7(17)5(2-14)22-12/h4-11,13-20H,1-3H2/t4-,5-,6+,7-,8+,9-,10+,11+,12-/m1/s1. The Morgan fingerprint density at radius 1 is 0.783 bits per heavy atom. The van der Waals surface area contributed by atoms with E-state index >= 15 is 0 Å². The number of ether oxygens (including phenoxy) is 3. The van der Waals surface area contributed by atoms with Gasteiger partial charge in [0.05, 0.1) is 13.2 Å². The Kier molecular flexibility index (Phi) is 5.92. The number of aliphatic hydroxyl groups excluding tert-OH is 8. The van der Waals surface area contributed by atoms with Crippen LogP contribution in [0.25, 0.3) is 0 Å². The lowest BCUT2D eigenvalue weighted by molar-refractivity contribution is -0.383. The fraction of sp³-hybridized carbons (Fsp3) is 1.00. The van der Waals surface area contributed by atoms with E-state index in [1.54, 1.807) is 0 Å². The molecule has 2 heterocycles. The third-order valence-electron chi connectivity index (χ3n) is 4.07. The zero-order valence-electron chi connectivity index (χ0n) is 12.0. The molecule has 9 atom stereocenters. The highest BCUT2D eigenvalue weighted by Gasteiger charge is 2.58. The molecule has 8 N–H and O–H groups in total. The summed E-state index contributed by atoms with van der Waals surface area (Å²) in [5, 5.41) is 76.7. The van der Waals surface area contributed by atoms with Crippen LogP contribution in [0.15, 0.2) is 0 Å². The number of hydrogen-bond donors (Lipinski definition) is 8. The van der Waals surface area contributed by atoms with Gasteiger partial charge in [-0.1, -0.05) is 0 Å². The van der Waals surface area contributed by atoms with Crippen LogP contribution >= 0.6 is 0 Å². The molecule has 0 bridgehead atoms. The first-order valence-electron chi connectivity index (χ1n) is 7.05. The third kappa shape index (κ3) is 3.23. The van der Waals surface area contributed by atoms with E-state index in [1.807, 2.05) is 0 Å². The van der Waals surface area contributed by atoms with Crippen LogP contribution in [0.4, 0.5) is 0 Å². The minimum Gasteiger partial charge on any atom is -0.394 e. The lowest BCUT2D eigenvalue weighted by Crippen LogP contribution is -2.62. The van der Waals surface area contributed by atoms with Crippen LogP contribution in [0, 0.1) is 0 Å². The molecule has 136 valence electrons. The molecule has 23 heavy (non-hydrogen) atoms. The van der Waals surface area contributed by atoms with Crippen LogP contribution in [0.5, 0.6) is 0 Å². The molecule has 0 amide bonds. The van der Waals surface area contributed by atoms with E-state index in [4.69, 9.17) is 24.4 Å².